The van der Waals surface area contributed by atoms with E-state index in [4.69, 9.17) is 10.9 Å². The number of anilines is 1. The molecular formula is C15H18N4O2. The zero-order valence-electron chi connectivity index (χ0n) is 11.8. The van der Waals surface area contributed by atoms with E-state index >= 15 is 0 Å². The lowest BCUT2D eigenvalue weighted by molar-refractivity contribution is 0.223. The van der Waals surface area contributed by atoms with Crippen LogP contribution >= 0.6 is 0 Å². The van der Waals surface area contributed by atoms with Crippen LogP contribution in [0.25, 0.3) is 10.8 Å². The van der Waals surface area contributed by atoms with E-state index in [-0.39, 0.29) is 11.9 Å². The topological polar surface area (TPSA) is 90.9 Å². The van der Waals surface area contributed by atoms with Crippen molar-refractivity contribution in [3.63, 3.8) is 0 Å². The van der Waals surface area contributed by atoms with Crippen molar-refractivity contribution in [1.29, 1.82) is 0 Å². The lowest BCUT2D eigenvalue weighted by Gasteiger charge is -2.18. The van der Waals surface area contributed by atoms with E-state index in [0.29, 0.717) is 13.0 Å². The first-order valence-corrected chi connectivity index (χ1v) is 6.58. The summed E-state index contributed by atoms with van der Waals surface area (Å²) in [5.41, 5.74) is 6.15. The van der Waals surface area contributed by atoms with Crippen molar-refractivity contribution >= 4 is 28.3 Å². The number of urea groups is 1. The molecular weight excluding hydrogens is 268 g/mol. The van der Waals surface area contributed by atoms with Crippen molar-refractivity contribution in [3.05, 3.63) is 42.5 Å². The van der Waals surface area contributed by atoms with Gasteiger partial charge in [0.15, 0.2) is 0 Å². The number of nitrogens with one attached hydrogen (secondary N) is 1. The van der Waals surface area contributed by atoms with Crippen LogP contribution < -0.4 is 11.1 Å². The van der Waals surface area contributed by atoms with E-state index in [9.17, 15) is 4.79 Å². The van der Waals surface area contributed by atoms with E-state index in [1.807, 2.05) is 42.5 Å². The van der Waals surface area contributed by atoms with Crippen LogP contribution in [0.2, 0.25) is 0 Å². The van der Waals surface area contributed by atoms with Crippen LogP contribution in [-0.4, -0.2) is 35.6 Å². The van der Waals surface area contributed by atoms with E-state index in [0.717, 1.165) is 16.5 Å². The van der Waals surface area contributed by atoms with Gasteiger partial charge in [-0.3, -0.25) is 0 Å². The van der Waals surface area contributed by atoms with Crippen molar-refractivity contribution < 1.29 is 10.0 Å². The number of amides is 2. The number of carbonyl (C=O) groups is 1. The van der Waals surface area contributed by atoms with Crippen LogP contribution in [0.1, 0.15) is 6.42 Å². The van der Waals surface area contributed by atoms with Gasteiger partial charge in [-0.25, -0.2) is 4.79 Å². The molecule has 0 atom stereocenters. The molecule has 0 saturated heterocycles. The Bertz CT molecular complexity index is 664. The number of nitrogens with two attached hydrogens (primary N) is 1. The lowest BCUT2D eigenvalue weighted by Crippen LogP contribution is -2.34. The van der Waals surface area contributed by atoms with E-state index in [2.05, 4.69) is 10.5 Å². The minimum absolute atomic E-state index is 0.0970. The average Bonchev–Trinajstić information content (AvgIpc) is 2.52. The Morgan fingerprint density at radius 1 is 1.29 bits per heavy atom. The average molecular weight is 286 g/mol. The molecule has 0 bridgehead atoms. The second-order valence-corrected chi connectivity index (χ2v) is 4.72. The van der Waals surface area contributed by atoms with Crippen LogP contribution in [0.5, 0.6) is 0 Å². The van der Waals surface area contributed by atoms with Crippen LogP contribution in [0.15, 0.2) is 47.6 Å². The fourth-order valence-corrected chi connectivity index (χ4v) is 1.98. The Morgan fingerprint density at radius 2 is 2.00 bits per heavy atom. The van der Waals surface area contributed by atoms with Gasteiger partial charge in [-0.2, -0.15) is 0 Å². The smallest absolute Gasteiger partial charge is 0.321 e. The van der Waals surface area contributed by atoms with Gasteiger partial charge in [-0.05, 0) is 11.5 Å². The molecule has 4 N–H and O–H groups in total. The second kappa shape index (κ2) is 6.60. The molecule has 0 saturated carbocycles. The highest BCUT2D eigenvalue weighted by Crippen LogP contribution is 2.23. The van der Waals surface area contributed by atoms with Crippen molar-refractivity contribution in [2.75, 3.05) is 18.9 Å². The molecule has 0 aliphatic heterocycles. The molecule has 6 heteroatoms. The normalized spacial score (nSPS) is 11.4. The van der Waals surface area contributed by atoms with Crippen LogP contribution in [0, 0.1) is 0 Å². The first-order chi connectivity index (χ1) is 10.1. The SMILES string of the molecule is CN(CC/C(N)=N/O)C(=O)Nc1cccc2ccccc12. The maximum Gasteiger partial charge on any atom is 0.321 e. The second-order valence-electron chi connectivity index (χ2n) is 4.72. The highest BCUT2D eigenvalue weighted by atomic mass is 16.4. The molecule has 0 aromatic heterocycles. The molecule has 0 aliphatic carbocycles. The fraction of sp³-hybridized carbons (Fsp3) is 0.200. The molecule has 21 heavy (non-hydrogen) atoms. The summed E-state index contributed by atoms with van der Waals surface area (Å²) in [6.07, 6.45) is 0.315. The standard InChI is InChI=1S/C15H18N4O2/c1-19(10-9-14(16)18-21)15(20)17-13-8-4-6-11-5-2-3-7-12(11)13/h2-8,21H,9-10H2,1H3,(H2,16,18)(H,17,20). The number of hydrogen-bond donors (Lipinski definition) is 3. The van der Waals surface area contributed by atoms with Crippen molar-refractivity contribution in [1.82, 2.24) is 4.90 Å². The highest BCUT2D eigenvalue weighted by Gasteiger charge is 2.10. The minimum atomic E-state index is -0.239. The Balaban J connectivity index is 2.07. The predicted molar refractivity (Wildman–Crippen MR) is 83.6 cm³/mol. The summed E-state index contributed by atoms with van der Waals surface area (Å²) >= 11 is 0. The number of fused-ring (bicyclic) bond motifs is 1. The molecule has 2 rings (SSSR count). The predicted octanol–water partition coefficient (Wildman–Crippen LogP) is 2.44. The third-order valence-corrected chi connectivity index (χ3v) is 3.21. The van der Waals surface area contributed by atoms with Gasteiger partial charge in [0.2, 0.25) is 0 Å². The van der Waals surface area contributed by atoms with Crippen LogP contribution in [0.4, 0.5) is 10.5 Å². The zero-order chi connectivity index (χ0) is 15.2. The van der Waals surface area contributed by atoms with Gasteiger partial charge in [-0.15, -0.1) is 0 Å². The van der Waals surface area contributed by atoms with Gasteiger partial charge < -0.3 is 21.2 Å². The van der Waals surface area contributed by atoms with E-state index in [1.54, 1.807) is 7.05 Å². The maximum atomic E-state index is 12.1. The molecule has 110 valence electrons. The van der Waals surface area contributed by atoms with E-state index in [1.165, 1.54) is 4.90 Å². The van der Waals surface area contributed by atoms with Gasteiger partial charge >= 0.3 is 6.03 Å². The summed E-state index contributed by atoms with van der Waals surface area (Å²) in [6, 6.07) is 13.3. The molecule has 0 aliphatic rings. The monoisotopic (exact) mass is 286 g/mol. The van der Waals surface area contributed by atoms with Gasteiger partial charge in [0.25, 0.3) is 0 Å². The first-order valence-electron chi connectivity index (χ1n) is 6.58. The Kier molecular flexibility index (Phi) is 4.61. The number of benzene rings is 2. The number of amidine groups is 1. The Morgan fingerprint density at radius 3 is 2.76 bits per heavy atom. The molecule has 2 amide bonds. The molecule has 2 aromatic carbocycles. The molecule has 0 unspecified atom stereocenters. The number of hydrogen-bond acceptors (Lipinski definition) is 3. The summed E-state index contributed by atoms with van der Waals surface area (Å²) in [4.78, 5) is 13.6. The molecule has 6 nitrogen and oxygen atoms in total. The first kappa shape index (κ1) is 14.6. The van der Waals surface area contributed by atoms with Gasteiger partial charge in [-0.1, -0.05) is 41.6 Å². The summed E-state index contributed by atoms with van der Waals surface area (Å²) < 4.78 is 0. The highest BCUT2D eigenvalue weighted by molar-refractivity contribution is 6.01. The fourth-order valence-electron chi connectivity index (χ4n) is 1.98. The van der Waals surface area contributed by atoms with Gasteiger partial charge in [0, 0.05) is 25.4 Å². The summed E-state index contributed by atoms with van der Waals surface area (Å²) in [6.45, 7) is 0.368. The third-order valence-electron chi connectivity index (χ3n) is 3.21. The number of oxime groups is 1. The summed E-state index contributed by atoms with van der Waals surface area (Å²) in [7, 11) is 1.66. The largest absolute Gasteiger partial charge is 0.409 e. The van der Waals surface area contributed by atoms with Crippen molar-refractivity contribution in [3.8, 4) is 0 Å². The number of carbonyl (C=O) groups excluding carboxylic acids is 1. The molecule has 0 spiro atoms. The van der Waals surface area contributed by atoms with E-state index < -0.39 is 0 Å². The van der Waals surface area contributed by atoms with Gasteiger partial charge in [0.1, 0.15) is 5.84 Å². The summed E-state index contributed by atoms with van der Waals surface area (Å²) in [5.74, 6) is 0.0970. The quantitative estimate of drug-likeness (QED) is 0.349. The molecule has 2 aromatic rings. The van der Waals surface area contributed by atoms with Crippen molar-refractivity contribution in [2.45, 2.75) is 6.42 Å². The van der Waals surface area contributed by atoms with Crippen molar-refractivity contribution in [2.24, 2.45) is 10.9 Å². The minimum Gasteiger partial charge on any atom is -0.409 e. The Labute approximate surface area is 122 Å². The molecule has 0 fully saturated rings. The summed E-state index contributed by atoms with van der Waals surface area (Å²) in [5, 5.41) is 16.3. The molecule has 0 radical (unpaired) electrons. The zero-order valence-corrected chi connectivity index (χ0v) is 11.8. The maximum absolute atomic E-state index is 12.1. The lowest BCUT2D eigenvalue weighted by atomic mass is 10.1. The molecule has 0 heterocycles. The van der Waals surface area contributed by atoms with Crippen LogP contribution in [0.3, 0.4) is 0 Å². The van der Waals surface area contributed by atoms with Gasteiger partial charge in [0.05, 0.1) is 5.69 Å². The third kappa shape index (κ3) is 3.62. The number of rotatable bonds is 4. The Hall–Kier alpha value is -2.76. The van der Waals surface area contributed by atoms with Crippen LogP contribution in [-0.2, 0) is 0 Å². The number of nitrogens with zero attached hydrogens (tertiary/aromatic N) is 2.